The average molecular weight is 396 g/mol. The van der Waals surface area contributed by atoms with Crippen LogP contribution in [-0.4, -0.2) is 17.1 Å². The number of methoxy groups -OCH3 is 1. The molecule has 0 unspecified atom stereocenters. The molecule has 2 aromatic heterocycles. The summed E-state index contributed by atoms with van der Waals surface area (Å²) < 4.78 is 5.22. The summed E-state index contributed by atoms with van der Waals surface area (Å²) in [5, 5.41) is 7.07. The maximum atomic E-state index is 6.25. The Morgan fingerprint density at radius 1 is 1.11 bits per heavy atom. The van der Waals surface area contributed by atoms with Crippen molar-refractivity contribution in [3.8, 4) is 16.9 Å². The third-order valence-corrected chi connectivity index (χ3v) is 5.64. The van der Waals surface area contributed by atoms with Gasteiger partial charge in [0.05, 0.1) is 17.5 Å². The fourth-order valence-electron chi connectivity index (χ4n) is 2.98. The molecule has 136 valence electrons. The lowest BCUT2D eigenvalue weighted by molar-refractivity contribution is 0.415. The summed E-state index contributed by atoms with van der Waals surface area (Å²) in [6, 6.07) is 14.2. The Morgan fingerprint density at radius 2 is 1.93 bits per heavy atom. The van der Waals surface area contributed by atoms with E-state index >= 15 is 0 Å². The minimum atomic E-state index is 0.550. The van der Waals surface area contributed by atoms with Crippen molar-refractivity contribution in [1.82, 2.24) is 9.97 Å². The highest BCUT2D eigenvalue weighted by atomic mass is 35.5. The summed E-state index contributed by atoms with van der Waals surface area (Å²) in [5.74, 6) is 1.40. The molecule has 0 aliphatic carbocycles. The molecule has 6 heteroatoms. The van der Waals surface area contributed by atoms with Gasteiger partial charge in [0.25, 0.3) is 0 Å². The lowest BCUT2D eigenvalue weighted by Crippen LogP contribution is -1.96. The number of ether oxygens (including phenoxy) is 1. The number of anilines is 2. The highest BCUT2D eigenvalue weighted by Gasteiger charge is 2.14. The van der Waals surface area contributed by atoms with Crippen LogP contribution in [0.2, 0.25) is 5.02 Å². The molecule has 0 saturated heterocycles. The second-order valence-electron chi connectivity index (χ2n) is 6.08. The van der Waals surface area contributed by atoms with Crippen molar-refractivity contribution in [2.24, 2.45) is 0 Å². The van der Waals surface area contributed by atoms with E-state index in [2.05, 4.69) is 51.9 Å². The molecule has 4 rings (SSSR count). The zero-order chi connectivity index (χ0) is 18.8. The van der Waals surface area contributed by atoms with Crippen LogP contribution in [-0.2, 0) is 6.42 Å². The van der Waals surface area contributed by atoms with Crippen molar-refractivity contribution in [3.63, 3.8) is 0 Å². The number of halogens is 1. The first kappa shape index (κ1) is 17.8. The first-order chi connectivity index (χ1) is 13.2. The Morgan fingerprint density at radius 3 is 2.63 bits per heavy atom. The zero-order valence-corrected chi connectivity index (χ0v) is 16.6. The van der Waals surface area contributed by atoms with Crippen LogP contribution in [0.3, 0.4) is 0 Å². The van der Waals surface area contributed by atoms with Gasteiger partial charge in [-0.1, -0.05) is 42.8 Å². The van der Waals surface area contributed by atoms with Gasteiger partial charge in [0.1, 0.15) is 22.7 Å². The van der Waals surface area contributed by atoms with Crippen molar-refractivity contribution in [3.05, 3.63) is 64.8 Å². The number of hydrogen-bond acceptors (Lipinski definition) is 5. The van der Waals surface area contributed by atoms with E-state index in [0.717, 1.165) is 39.3 Å². The summed E-state index contributed by atoms with van der Waals surface area (Å²) in [4.78, 5) is 9.85. The Balaban J connectivity index is 1.77. The number of thiophene rings is 1. The Labute approximate surface area is 166 Å². The molecule has 0 bridgehead atoms. The summed E-state index contributed by atoms with van der Waals surface area (Å²) in [6.07, 6.45) is 2.61. The van der Waals surface area contributed by atoms with Gasteiger partial charge >= 0.3 is 0 Å². The topological polar surface area (TPSA) is 47.0 Å². The van der Waals surface area contributed by atoms with E-state index in [9.17, 15) is 0 Å². The van der Waals surface area contributed by atoms with Gasteiger partial charge in [0.15, 0.2) is 0 Å². The van der Waals surface area contributed by atoms with Crippen molar-refractivity contribution in [2.75, 3.05) is 12.4 Å². The molecule has 0 radical (unpaired) electrons. The van der Waals surface area contributed by atoms with E-state index in [-0.39, 0.29) is 0 Å². The number of aromatic nitrogens is 2. The fourth-order valence-corrected chi connectivity index (χ4v) is 4.16. The summed E-state index contributed by atoms with van der Waals surface area (Å²) in [7, 11) is 1.60. The van der Waals surface area contributed by atoms with Gasteiger partial charge in [-0.05, 0) is 35.7 Å². The normalized spacial score (nSPS) is 10.9. The van der Waals surface area contributed by atoms with Gasteiger partial charge in [0, 0.05) is 16.6 Å². The van der Waals surface area contributed by atoms with Crippen molar-refractivity contribution < 1.29 is 4.74 Å². The minimum absolute atomic E-state index is 0.550. The Bertz CT molecular complexity index is 1090. The van der Waals surface area contributed by atoms with Gasteiger partial charge < -0.3 is 10.1 Å². The van der Waals surface area contributed by atoms with Gasteiger partial charge in [-0.15, -0.1) is 11.3 Å². The number of benzene rings is 2. The number of nitrogens with one attached hydrogen (secondary N) is 1. The molecule has 0 aliphatic rings. The highest BCUT2D eigenvalue weighted by molar-refractivity contribution is 7.17. The minimum Gasteiger partial charge on any atom is -0.495 e. The van der Waals surface area contributed by atoms with Crippen LogP contribution in [0, 0.1) is 0 Å². The first-order valence-corrected chi connectivity index (χ1v) is 9.87. The first-order valence-electron chi connectivity index (χ1n) is 8.61. The predicted octanol–water partition coefficient (Wildman–Crippen LogP) is 6.33. The summed E-state index contributed by atoms with van der Waals surface area (Å²) in [6.45, 7) is 2.16. The number of nitrogens with zero attached hydrogens (tertiary/aromatic N) is 2. The standard InChI is InChI=1S/C21H18ClN3OS/c1-3-13-4-6-14(7-5-13)16-11-27-21-19(16)20(23-12-24-21)25-15-8-9-18(26-2)17(22)10-15/h4-12H,3H2,1-2H3,(H,23,24,25). The molecule has 0 fully saturated rings. The monoisotopic (exact) mass is 395 g/mol. The molecule has 0 atom stereocenters. The number of rotatable bonds is 5. The molecule has 0 saturated carbocycles. The maximum Gasteiger partial charge on any atom is 0.143 e. The third-order valence-electron chi connectivity index (χ3n) is 4.46. The SMILES string of the molecule is CCc1ccc(-c2csc3ncnc(Nc4ccc(OC)c(Cl)c4)c23)cc1. The van der Waals surface area contributed by atoms with Crippen LogP contribution < -0.4 is 10.1 Å². The van der Waals surface area contributed by atoms with Gasteiger partial charge in [-0.3, -0.25) is 0 Å². The van der Waals surface area contributed by atoms with Crippen molar-refractivity contribution in [2.45, 2.75) is 13.3 Å². The van der Waals surface area contributed by atoms with Crippen LogP contribution in [0.4, 0.5) is 11.5 Å². The molecule has 4 nitrogen and oxygen atoms in total. The largest absolute Gasteiger partial charge is 0.495 e. The fraction of sp³-hybridized carbons (Fsp3) is 0.143. The Kier molecular flexibility index (Phi) is 4.97. The lowest BCUT2D eigenvalue weighted by Gasteiger charge is -2.10. The van der Waals surface area contributed by atoms with Crippen LogP contribution in [0.5, 0.6) is 5.75 Å². The van der Waals surface area contributed by atoms with Crippen LogP contribution in [0.15, 0.2) is 54.2 Å². The molecule has 27 heavy (non-hydrogen) atoms. The third kappa shape index (κ3) is 3.48. The van der Waals surface area contributed by atoms with E-state index in [1.807, 2.05) is 18.2 Å². The van der Waals surface area contributed by atoms with Gasteiger partial charge in [0.2, 0.25) is 0 Å². The second kappa shape index (κ2) is 7.55. The maximum absolute atomic E-state index is 6.25. The van der Waals surface area contributed by atoms with E-state index in [1.165, 1.54) is 5.56 Å². The van der Waals surface area contributed by atoms with Gasteiger partial charge in [-0.25, -0.2) is 9.97 Å². The molecule has 0 spiro atoms. The quantitative estimate of drug-likeness (QED) is 0.429. The van der Waals surface area contributed by atoms with Crippen LogP contribution in [0.25, 0.3) is 21.3 Å². The molecule has 1 N–H and O–H groups in total. The van der Waals surface area contributed by atoms with Crippen molar-refractivity contribution >= 4 is 44.7 Å². The summed E-state index contributed by atoms with van der Waals surface area (Å²) >= 11 is 7.87. The molecule has 2 heterocycles. The zero-order valence-electron chi connectivity index (χ0n) is 15.0. The van der Waals surface area contributed by atoms with Crippen molar-refractivity contribution in [1.29, 1.82) is 0 Å². The molecular weight excluding hydrogens is 378 g/mol. The smallest absolute Gasteiger partial charge is 0.143 e. The molecule has 0 aliphatic heterocycles. The summed E-state index contributed by atoms with van der Waals surface area (Å²) in [5.41, 5.74) is 4.45. The number of fused-ring (bicyclic) bond motifs is 1. The predicted molar refractivity (Wildman–Crippen MR) is 114 cm³/mol. The van der Waals surface area contributed by atoms with Crippen LogP contribution >= 0.6 is 22.9 Å². The lowest BCUT2D eigenvalue weighted by atomic mass is 10.0. The highest BCUT2D eigenvalue weighted by Crippen LogP contribution is 2.38. The van der Waals surface area contributed by atoms with E-state index in [4.69, 9.17) is 16.3 Å². The molecule has 2 aromatic carbocycles. The Hall–Kier alpha value is -2.63. The van der Waals surface area contributed by atoms with E-state index < -0.39 is 0 Å². The average Bonchev–Trinajstić information content (AvgIpc) is 3.13. The molecular formula is C21H18ClN3OS. The number of aryl methyl sites for hydroxylation is 1. The second-order valence-corrected chi connectivity index (χ2v) is 7.34. The van der Waals surface area contributed by atoms with Gasteiger partial charge in [-0.2, -0.15) is 0 Å². The van der Waals surface area contributed by atoms with E-state index in [0.29, 0.717) is 10.8 Å². The van der Waals surface area contributed by atoms with Crippen LogP contribution in [0.1, 0.15) is 12.5 Å². The molecule has 0 amide bonds. The number of hydrogen-bond donors (Lipinski definition) is 1. The van der Waals surface area contributed by atoms with E-state index in [1.54, 1.807) is 24.8 Å². The molecule has 4 aromatic rings.